The molecule has 24 heavy (non-hydrogen) atoms. The summed E-state index contributed by atoms with van der Waals surface area (Å²) in [5.41, 5.74) is 1.02. The molecule has 0 aliphatic carbocycles. The Morgan fingerprint density at radius 1 is 1.12 bits per heavy atom. The standard InChI is InChI=1S/C16H24N2O4.2ClH/c1-17-4-6-18(7-5-17)9-14(19)11-20-10-13-2-3-15-16(8-13)22-12-21-15;;/h2-3,8,14,19H,4-7,9-12H2,1H3;2*1H/p-2. The molecule has 1 aromatic carbocycles. The zero-order valence-corrected chi connectivity index (χ0v) is 15.3. The Morgan fingerprint density at radius 2 is 1.83 bits per heavy atom. The molecular formula is C16H24Cl2N2O4-2. The van der Waals surface area contributed by atoms with Gasteiger partial charge >= 0.3 is 0 Å². The van der Waals surface area contributed by atoms with Crippen molar-refractivity contribution in [3.63, 3.8) is 0 Å². The van der Waals surface area contributed by atoms with Crippen LogP contribution in [-0.4, -0.2) is 74.2 Å². The smallest absolute Gasteiger partial charge is 0.231 e. The average molecular weight is 379 g/mol. The number of hydrogen-bond donors (Lipinski definition) is 1. The number of piperazine rings is 1. The average Bonchev–Trinajstić information content (AvgIpc) is 2.97. The van der Waals surface area contributed by atoms with Crippen molar-refractivity contribution < 1.29 is 44.1 Å². The van der Waals surface area contributed by atoms with Crippen LogP contribution in [0.25, 0.3) is 0 Å². The number of halogens is 2. The van der Waals surface area contributed by atoms with E-state index in [1.54, 1.807) is 0 Å². The zero-order valence-electron chi connectivity index (χ0n) is 13.8. The third-order valence-corrected chi connectivity index (χ3v) is 4.08. The number of hydrogen-bond acceptors (Lipinski definition) is 6. The van der Waals surface area contributed by atoms with Crippen LogP contribution < -0.4 is 34.3 Å². The Balaban J connectivity index is 0.00000144. The Bertz CT molecular complexity index is 499. The molecule has 1 unspecified atom stereocenters. The minimum atomic E-state index is -0.447. The third-order valence-electron chi connectivity index (χ3n) is 4.08. The van der Waals surface area contributed by atoms with Crippen molar-refractivity contribution in [2.75, 3.05) is 53.2 Å². The molecule has 6 nitrogen and oxygen atoms in total. The van der Waals surface area contributed by atoms with Crippen LogP contribution in [0, 0.1) is 0 Å². The van der Waals surface area contributed by atoms with Gasteiger partial charge in [0.2, 0.25) is 6.79 Å². The molecule has 1 aromatic rings. The van der Waals surface area contributed by atoms with Crippen LogP contribution in [0.4, 0.5) is 0 Å². The first-order chi connectivity index (χ1) is 10.7. The molecule has 2 aliphatic heterocycles. The minimum Gasteiger partial charge on any atom is -1.00 e. The molecule has 1 saturated heterocycles. The van der Waals surface area contributed by atoms with Gasteiger partial charge in [-0.1, -0.05) is 6.07 Å². The van der Waals surface area contributed by atoms with Crippen molar-refractivity contribution in [2.45, 2.75) is 12.7 Å². The number of rotatable bonds is 6. The van der Waals surface area contributed by atoms with E-state index in [-0.39, 0.29) is 31.6 Å². The molecule has 0 spiro atoms. The predicted octanol–water partition coefficient (Wildman–Crippen LogP) is -5.45. The van der Waals surface area contributed by atoms with Crippen LogP contribution in [-0.2, 0) is 11.3 Å². The topological polar surface area (TPSA) is 54.4 Å². The lowest BCUT2D eigenvalue weighted by Crippen LogP contribution is -3.00. The number of fused-ring (bicyclic) bond motifs is 1. The summed E-state index contributed by atoms with van der Waals surface area (Å²) < 4.78 is 16.2. The van der Waals surface area contributed by atoms with E-state index in [9.17, 15) is 5.11 Å². The molecule has 3 rings (SSSR count). The van der Waals surface area contributed by atoms with E-state index in [1.807, 2.05) is 18.2 Å². The largest absolute Gasteiger partial charge is 1.00 e. The van der Waals surface area contributed by atoms with Gasteiger partial charge in [-0.05, 0) is 24.7 Å². The summed E-state index contributed by atoms with van der Waals surface area (Å²) in [5.74, 6) is 1.54. The number of nitrogens with zero attached hydrogens (tertiary/aromatic N) is 2. The summed E-state index contributed by atoms with van der Waals surface area (Å²) in [6, 6.07) is 5.78. The van der Waals surface area contributed by atoms with Gasteiger partial charge in [-0.3, -0.25) is 4.90 Å². The molecular weight excluding hydrogens is 355 g/mol. The molecule has 0 amide bonds. The van der Waals surface area contributed by atoms with Gasteiger partial charge in [-0.25, -0.2) is 0 Å². The Kier molecular flexibility index (Phi) is 9.12. The molecule has 1 fully saturated rings. The highest BCUT2D eigenvalue weighted by atomic mass is 35.5. The Labute approximate surface area is 155 Å². The highest BCUT2D eigenvalue weighted by Crippen LogP contribution is 2.32. The van der Waals surface area contributed by atoms with Gasteiger partial charge in [0.25, 0.3) is 0 Å². The van der Waals surface area contributed by atoms with Crippen molar-refractivity contribution in [2.24, 2.45) is 0 Å². The van der Waals surface area contributed by atoms with Crippen molar-refractivity contribution in [1.29, 1.82) is 0 Å². The lowest BCUT2D eigenvalue weighted by atomic mass is 10.2. The van der Waals surface area contributed by atoms with Gasteiger partial charge in [-0.2, -0.15) is 0 Å². The molecule has 138 valence electrons. The summed E-state index contributed by atoms with van der Waals surface area (Å²) in [6.45, 7) is 5.91. The van der Waals surface area contributed by atoms with Gasteiger partial charge in [0, 0.05) is 32.7 Å². The summed E-state index contributed by atoms with van der Waals surface area (Å²) in [5, 5.41) is 10.1. The molecule has 0 bridgehead atoms. The van der Waals surface area contributed by atoms with Crippen molar-refractivity contribution in [1.82, 2.24) is 9.80 Å². The summed E-state index contributed by atoms with van der Waals surface area (Å²) in [7, 11) is 2.13. The molecule has 1 N–H and O–H groups in total. The van der Waals surface area contributed by atoms with Gasteiger partial charge in [0.15, 0.2) is 11.5 Å². The second kappa shape index (κ2) is 10.3. The summed E-state index contributed by atoms with van der Waals surface area (Å²) in [6.07, 6.45) is -0.447. The first kappa shape index (κ1) is 21.3. The highest BCUT2D eigenvalue weighted by Gasteiger charge is 2.17. The first-order valence-electron chi connectivity index (χ1n) is 7.76. The van der Waals surface area contributed by atoms with E-state index in [0.717, 1.165) is 43.2 Å². The SMILES string of the molecule is CN1CCN(CC(O)COCc2ccc3c(c2)OCO3)CC1.[Cl-].[Cl-]. The maximum atomic E-state index is 10.1. The number of benzene rings is 1. The van der Waals surface area contributed by atoms with Crippen molar-refractivity contribution in [3.8, 4) is 11.5 Å². The number of aliphatic hydroxyl groups excluding tert-OH is 1. The van der Waals surface area contributed by atoms with Gasteiger partial charge in [0.1, 0.15) is 0 Å². The maximum absolute atomic E-state index is 10.1. The van der Waals surface area contributed by atoms with Crippen LogP contribution in [0.2, 0.25) is 0 Å². The molecule has 8 heteroatoms. The van der Waals surface area contributed by atoms with Crippen LogP contribution in [0.3, 0.4) is 0 Å². The Morgan fingerprint density at radius 3 is 2.58 bits per heavy atom. The fourth-order valence-electron chi connectivity index (χ4n) is 2.72. The van der Waals surface area contributed by atoms with E-state index in [2.05, 4.69) is 16.8 Å². The van der Waals surface area contributed by atoms with Gasteiger partial charge < -0.3 is 49.0 Å². The van der Waals surface area contributed by atoms with Crippen molar-refractivity contribution >= 4 is 0 Å². The molecule has 0 saturated carbocycles. The number of likely N-dealkylation sites (N-methyl/N-ethyl adjacent to an activating group) is 1. The molecule has 1 atom stereocenters. The van der Waals surface area contributed by atoms with E-state index in [0.29, 0.717) is 19.8 Å². The van der Waals surface area contributed by atoms with Gasteiger partial charge in [-0.15, -0.1) is 0 Å². The number of ether oxygens (including phenoxy) is 3. The second-order valence-electron chi connectivity index (χ2n) is 5.96. The van der Waals surface area contributed by atoms with Crippen molar-refractivity contribution in [3.05, 3.63) is 23.8 Å². The number of aliphatic hydroxyl groups is 1. The van der Waals surface area contributed by atoms with E-state index < -0.39 is 6.10 Å². The molecule has 2 aliphatic rings. The maximum Gasteiger partial charge on any atom is 0.231 e. The summed E-state index contributed by atoms with van der Waals surface area (Å²) in [4.78, 5) is 4.59. The highest BCUT2D eigenvalue weighted by molar-refractivity contribution is 5.44. The fourth-order valence-corrected chi connectivity index (χ4v) is 2.72. The van der Waals surface area contributed by atoms with E-state index >= 15 is 0 Å². The first-order valence-corrected chi connectivity index (χ1v) is 7.76. The van der Waals surface area contributed by atoms with Crippen LogP contribution in [0.1, 0.15) is 5.56 Å². The quantitative estimate of drug-likeness (QED) is 0.533. The minimum absolute atomic E-state index is 0. The molecule has 0 aromatic heterocycles. The second-order valence-corrected chi connectivity index (χ2v) is 5.96. The van der Waals surface area contributed by atoms with E-state index in [4.69, 9.17) is 14.2 Å². The van der Waals surface area contributed by atoms with Crippen LogP contribution in [0.5, 0.6) is 11.5 Å². The third kappa shape index (κ3) is 5.95. The van der Waals surface area contributed by atoms with Gasteiger partial charge in [0.05, 0.1) is 19.3 Å². The zero-order chi connectivity index (χ0) is 15.4. The van der Waals surface area contributed by atoms with Crippen LogP contribution in [0.15, 0.2) is 18.2 Å². The predicted molar refractivity (Wildman–Crippen MR) is 82.2 cm³/mol. The normalized spacial score (nSPS) is 18.6. The summed E-state index contributed by atoms with van der Waals surface area (Å²) >= 11 is 0. The molecule has 0 radical (unpaired) electrons. The monoisotopic (exact) mass is 378 g/mol. The number of β-amino-alcohol motifs (C(OH)–C–C–N with tert-alkyl or cyclic N) is 1. The molecule has 2 heterocycles. The lowest BCUT2D eigenvalue weighted by Gasteiger charge is -2.33. The Hall–Kier alpha value is -0.760. The van der Waals surface area contributed by atoms with Crippen LogP contribution >= 0.6 is 0 Å². The lowest BCUT2D eigenvalue weighted by molar-refractivity contribution is -0.00100. The fraction of sp³-hybridized carbons (Fsp3) is 0.625. The van der Waals surface area contributed by atoms with E-state index in [1.165, 1.54) is 0 Å².